The molecule has 0 aliphatic carbocycles. The summed E-state index contributed by atoms with van der Waals surface area (Å²) in [5.41, 5.74) is 0.178. The van der Waals surface area contributed by atoms with Crippen LogP contribution in [0.4, 0.5) is 0 Å². The van der Waals surface area contributed by atoms with E-state index >= 15 is 0 Å². The average molecular weight is 140 g/mol. The second kappa shape index (κ2) is 3.18. The van der Waals surface area contributed by atoms with Gasteiger partial charge in [0.25, 0.3) is 0 Å². The van der Waals surface area contributed by atoms with E-state index in [1.54, 1.807) is 0 Å². The van der Waals surface area contributed by atoms with Crippen molar-refractivity contribution in [2.75, 3.05) is 13.2 Å². The molecule has 1 saturated heterocycles. The van der Waals surface area contributed by atoms with Crippen molar-refractivity contribution in [2.24, 2.45) is 11.1 Å². The molecule has 0 spiro atoms. The summed E-state index contributed by atoms with van der Waals surface area (Å²) in [7, 11) is 0. The lowest BCUT2D eigenvalue weighted by atomic mass is 10.0. The van der Waals surface area contributed by atoms with Crippen molar-refractivity contribution < 1.29 is 9.94 Å². The summed E-state index contributed by atoms with van der Waals surface area (Å²) in [4.78, 5) is 0. The van der Waals surface area contributed by atoms with E-state index in [2.05, 4.69) is 5.16 Å². The van der Waals surface area contributed by atoms with E-state index in [9.17, 15) is 0 Å². The maximum absolute atomic E-state index is 8.39. The van der Waals surface area contributed by atoms with Gasteiger partial charge in [-0.15, -0.1) is 0 Å². The van der Waals surface area contributed by atoms with Crippen molar-refractivity contribution in [2.45, 2.75) is 6.42 Å². The number of nitriles is 1. The standard InChI is InChI=1S/C6H8N2O2/c7-3-6(8-9)5-1-2-10-4-5/h5,9H,1-2,4H2. The largest absolute Gasteiger partial charge is 0.410 e. The van der Waals surface area contributed by atoms with Gasteiger partial charge in [0.1, 0.15) is 6.07 Å². The Labute approximate surface area is 58.7 Å². The van der Waals surface area contributed by atoms with Gasteiger partial charge in [0.15, 0.2) is 5.71 Å². The Kier molecular flexibility index (Phi) is 2.24. The molecule has 1 fully saturated rings. The lowest BCUT2D eigenvalue weighted by Gasteiger charge is -1.99. The molecule has 1 rings (SSSR count). The minimum Gasteiger partial charge on any atom is -0.410 e. The molecule has 10 heavy (non-hydrogen) atoms. The maximum atomic E-state index is 8.39. The van der Waals surface area contributed by atoms with Gasteiger partial charge in [-0.25, -0.2) is 0 Å². The lowest BCUT2D eigenvalue weighted by Crippen LogP contribution is -2.11. The number of ether oxygens (including phenoxy) is 1. The number of hydrogen-bond donors (Lipinski definition) is 1. The summed E-state index contributed by atoms with van der Waals surface area (Å²) in [5, 5.41) is 19.6. The van der Waals surface area contributed by atoms with Crippen molar-refractivity contribution in [1.29, 1.82) is 5.26 Å². The highest BCUT2D eigenvalue weighted by atomic mass is 16.5. The fourth-order valence-corrected chi connectivity index (χ4v) is 0.945. The summed E-state index contributed by atoms with van der Waals surface area (Å²) in [6.07, 6.45) is 0.785. The Morgan fingerprint density at radius 3 is 3.00 bits per heavy atom. The van der Waals surface area contributed by atoms with E-state index in [4.69, 9.17) is 15.2 Å². The second-order valence-electron chi connectivity index (χ2n) is 2.16. The van der Waals surface area contributed by atoms with Crippen molar-refractivity contribution in [3.8, 4) is 6.07 Å². The smallest absolute Gasteiger partial charge is 0.162 e. The van der Waals surface area contributed by atoms with Crippen LogP contribution in [0, 0.1) is 17.2 Å². The lowest BCUT2D eigenvalue weighted by molar-refractivity contribution is 0.192. The highest BCUT2D eigenvalue weighted by Gasteiger charge is 2.21. The fourth-order valence-electron chi connectivity index (χ4n) is 0.945. The van der Waals surface area contributed by atoms with E-state index in [0.29, 0.717) is 13.2 Å². The Morgan fingerprint density at radius 2 is 2.60 bits per heavy atom. The average Bonchev–Trinajstić information content (AvgIpc) is 2.43. The third-order valence-corrected chi connectivity index (χ3v) is 1.54. The maximum Gasteiger partial charge on any atom is 0.162 e. The monoisotopic (exact) mass is 140 g/mol. The van der Waals surface area contributed by atoms with E-state index in [-0.39, 0.29) is 11.6 Å². The van der Waals surface area contributed by atoms with Gasteiger partial charge in [0, 0.05) is 12.5 Å². The van der Waals surface area contributed by atoms with Crippen molar-refractivity contribution in [1.82, 2.24) is 0 Å². The predicted octanol–water partition coefficient (Wildman–Crippen LogP) is 0.377. The number of rotatable bonds is 1. The summed E-state index contributed by atoms with van der Waals surface area (Å²) < 4.78 is 5.00. The molecule has 4 heteroatoms. The highest BCUT2D eigenvalue weighted by Crippen LogP contribution is 2.13. The van der Waals surface area contributed by atoms with Crippen LogP contribution < -0.4 is 0 Å². The summed E-state index contributed by atoms with van der Waals surface area (Å²) in [6, 6.07) is 1.81. The van der Waals surface area contributed by atoms with Crippen LogP contribution in [-0.4, -0.2) is 24.1 Å². The van der Waals surface area contributed by atoms with Gasteiger partial charge in [-0.3, -0.25) is 0 Å². The molecule has 0 bridgehead atoms. The van der Waals surface area contributed by atoms with Crippen LogP contribution in [0.2, 0.25) is 0 Å². The van der Waals surface area contributed by atoms with Crippen molar-refractivity contribution in [3.63, 3.8) is 0 Å². The van der Waals surface area contributed by atoms with Crippen LogP contribution in [0.5, 0.6) is 0 Å². The molecule has 1 unspecified atom stereocenters. The van der Waals surface area contributed by atoms with E-state index < -0.39 is 0 Å². The zero-order chi connectivity index (χ0) is 7.40. The Morgan fingerprint density at radius 1 is 1.80 bits per heavy atom. The van der Waals surface area contributed by atoms with Crippen LogP contribution in [0.15, 0.2) is 5.16 Å². The van der Waals surface area contributed by atoms with Crippen molar-refractivity contribution >= 4 is 5.71 Å². The molecule has 1 N–H and O–H groups in total. The fraction of sp³-hybridized carbons (Fsp3) is 0.667. The zero-order valence-electron chi connectivity index (χ0n) is 5.45. The number of nitrogens with zero attached hydrogens (tertiary/aromatic N) is 2. The van der Waals surface area contributed by atoms with E-state index in [1.165, 1.54) is 0 Å². The molecule has 1 aliphatic rings. The van der Waals surface area contributed by atoms with Gasteiger partial charge in [0.2, 0.25) is 0 Å². The Hall–Kier alpha value is -1.08. The van der Waals surface area contributed by atoms with Crippen LogP contribution in [0.25, 0.3) is 0 Å². The zero-order valence-corrected chi connectivity index (χ0v) is 5.45. The summed E-state index contributed by atoms with van der Waals surface area (Å²) in [6.45, 7) is 1.16. The SMILES string of the molecule is N#CC(=NO)C1CCOC1. The third kappa shape index (κ3) is 1.25. The predicted molar refractivity (Wildman–Crippen MR) is 33.8 cm³/mol. The minimum absolute atomic E-state index is 0.00926. The summed E-state index contributed by atoms with van der Waals surface area (Å²) >= 11 is 0. The van der Waals surface area contributed by atoms with E-state index in [1.807, 2.05) is 6.07 Å². The van der Waals surface area contributed by atoms with Gasteiger partial charge in [-0.1, -0.05) is 5.16 Å². The molecule has 1 atom stereocenters. The molecule has 4 nitrogen and oxygen atoms in total. The van der Waals surface area contributed by atoms with E-state index in [0.717, 1.165) is 6.42 Å². The molecule has 0 aromatic carbocycles. The second-order valence-corrected chi connectivity index (χ2v) is 2.16. The van der Waals surface area contributed by atoms with Crippen molar-refractivity contribution in [3.05, 3.63) is 0 Å². The Bertz CT molecular complexity index is 177. The quantitative estimate of drug-likeness (QED) is 0.325. The van der Waals surface area contributed by atoms with Crippen LogP contribution in [0.1, 0.15) is 6.42 Å². The first-order chi connectivity index (χ1) is 4.88. The highest BCUT2D eigenvalue weighted by molar-refractivity contribution is 6.00. The van der Waals surface area contributed by atoms with Gasteiger partial charge in [-0.2, -0.15) is 5.26 Å². The molecule has 0 saturated carbocycles. The molecule has 1 heterocycles. The first-order valence-corrected chi connectivity index (χ1v) is 3.08. The summed E-state index contributed by atoms with van der Waals surface area (Å²) in [5.74, 6) is 0.00926. The van der Waals surface area contributed by atoms with Gasteiger partial charge >= 0.3 is 0 Å². The molecular formula is C6H8N2O2. The first-order valence-electron chi connectivity index (χ1n) is 3.08. The normalized spacial score (nSPS) is 26.3. The topological polar surface area (TPSA) is 65.6 Å². The molecule has 0 amide bonds. The van der Waals surface area contributed by atoms with Gasteiger partial charge in [0.05, 0.1) is 6.61 Å². The van der Waals surface area contributed by atoms with Crippen LogP contribution >= 0.6 is 0 Å². The number of oxime groups is 1. The van der Waals surface area contributed by atoms with Crippen LogP contribution in [-0.2, 0) is 4.74 Å². The molecule has 0 aromatic heterocycles. The van der Waals surface area contributed by atoms with Gasteiger partial charge in [-0.05, 0) is 6.42 Å². The molecular weight excluding hydrogens is 132 g/mol. The molecule has 1 aliphatic heterocycles. The van der Waals surface area contributed by atoms with Crippen LogP contribution in [0.3, 0.4) is 0 Å². The minimum atomic E-state index is 0.00926. The number of hydrogen-bond acceptors (Lipinski definition) is 4. The third-order valence-electron chi connectivity index (χ3n) is 1.54. The molecule has 0 radical (unpaired) electrons. The first kappa shape index (κ1) is 7.03. The molecule has 0 aromatic rings. The Balaban J connectivity index is 2.55. The molecule has 54 valence electrons. The van der Waals surface area contributed by atoms with Gasteiger partial charge < -0.3 is 9.94 Å².